The lowest BCUT2D eigenvalue weighted by Crippen LogP contribution is -2.21. The third kappa shape index (κ3) is 8.19. The average molecular weight is 207 g/mol. The van der Waals surface area contributed by atoms with Gasteiger partial charge in [0.05, 0.1) is 0 Å². The number of hydrogen-bond donors (Lipinski definition) is 1. The molecule has 1 unspecified atom stereocenters. The molecule has 0 aromatic heterocycles. The zero-order chi connectivity index (χ0) is 11.5. The monoisotopic (exact) mass is 207 g/mol. The smallest absolute Gasteiger partial charge is 0.00388 e. The summed E-state index contributed by atoms with van der Waals surface area (Å²) in [7, 11) is 2.01. The van der Waals surface area contributed by atoms with Crippen molar-refractivity contribution < 1.29 is 0 Å². The van der Waals surface area contributed by atoms with Crippen LogP contribution in [-0.4, -0.2) is 13.1 Å². The van der Waals surface area contributed by atoms with Gasteiger partial charge in [-0.1, -0.05) is 50.6 Å². The van der Waals surface area contributed by atoms with Crippen molar-refractivity contribution in [3.05, 3.63) is 35.9 Å². The molecule has 15 heavy (non-hydrogen) atoms. The van der Waals surface area contributed by atoms with Crippen LogP contribution < -0.4 is 5.32 Å². The minimum Gasteiger partial charge on any atom is -0.317 e. The van der Waals surface area contributed by atoms with E-state index in [2.05, 4.69) is 56.4 Å². The Morgan fingerprint density at radius 3 is 2.13 bits per heavy atom. The second-order valence-electron chi connectivity index (χ2n) is 3.92. The quantitative estimate of drug-likeness (QED) is 0.794. The van der Waals surface area contributed by atoms with Gasteiger partial charge in [-0.25, -0.2) is 0 Å². The molecule has 0 amide bonds. The highest BCUT2D eigenvalue weighted by Gasteiger charge is 1.97. The Kier molecular flexibility index (Phi) is 9.19. The van der Waals surface area contributed by atoms with Gasteiger partial charge in [0.15, 0.2) is 0 Å². The minimum absolute atomic E-state index is 0.616. The van der Waals surface area contributed by atoms with Gasteiger partial charge in [0.1, 0.15) is 0 Å². The molecule has 0 saturated heterocycles. The van der Waals surface area contributed by atoms with Crippen molar-refractivity contribution in [2.75, 3.05) is 7.05 Å². The average Bonchev–Trinajstić information content (AvgIpc) is 2.28. The van der Waals surface area contributed by atoms with E-state index in [9.17, 15) is 0 Å². The van der Waals surface area contributed by atoms with E-state index >= 15 is 0 Å². The van der Waals surface area contributed by atoms with Crippen LogP contribution in [-0.2, 0) is 6.42 Å². The molecule has 1 nitrogen and oxygen atoms in total. The summed E-state index contributed by atoms with van der Waals surface area (Å²) >= 11 is 0. The zero-order valence-electron chi connectivity index (χ0n) is 10.6. The molecule has 1 aromatic rings. The molecule has 0 heterocycles. The molecule has 0 saturated carbocycles. The molecule has 0 fully saturated rings. The molecule has 1 atom stereocenters. The van der Waals surface area contributed by atoms with Crippen LogP contribution in [0.15, 0.2) is 30.3 Å². The maximum atomic E-state index is 3.24. The van der Waals surface area contributed by atoms with Crippen LogP contribution >= 0.6 is 0 Å². The maximum absolute atomic E-state index is 3.24. The molecular weight excluding hydrogens is 182 g/mol. The first-order valence-corrected chi connectivity index (χ1v) is 5.95. The van der Waals surface area contributed by atoms with Crippen molar-refractivity contribution in [1.82, 2.24) is 5.32 Å². The van der Waals surface area contributed by atoms with Gasteiger partial charge in [0.2, 0.25) is 0 Å². The van der Waals surface area contributed by atoms with Crippen molar-refractivity contribution in [1.29, 1.82) is 0 Å². The van der Waals surface area contributed by atoms with Crippen molar-refractivity contribution in [3.8, 4) is 0 Å². The van der Waals surface area contributed by atoms with Gasteiger partial charge in [-0.3, -0.25) is 0 Å². The number of rotatable bonds is 4. The fourth-order valence-corrected chi connectivity index (χ4v) is 1.17. The Balaban J connectivity index is 0.000000583. The van der Waals surface area contributed by atoms with Crippen LogP contribution in [0.4, 0.5) is 0 Å². The molecule has 0 aliphatic carbocycles. The van der Waals surface area contributed by atoms with Crippen LogP contribution in [0, 0.1) is 0 Å². The van der Waals surface area contributed by atoms with E-state index in [1.165, 1.54) is 24.8 Å². The highest BCUT2D eigenvalue weighted by molar-refractivity contribution is 5.14. The van der Waals surface area contributed by atoms with Crippen molar-refractivity contribution >= 4 is 0 Å². The highest BCUT2D eigenvalue weighted by atomic mass is 14.8. The standard InChI is InChI=1S/C11H17N.C3H8/c1-10(12-2)8-9-11-6-4-3-5-7-11;1-3-2/h3-7,10,12H,8-9H2,1-2H3;3H2,1-2H3. The van der Waals surface area contributed by atoms with E-state index in [4.69, 9.17) is 0 Å². The third-order valence-electron chi connectivity index (χ3n) is 2.20. The Morgan fingerprint density at radius 2 is 1.67 bits per heavy atom. The van der Waals surface area contributed by atoms with E-state index in [1.807, 2.05) is 7.05 Å². The summed E-state index contributed by atoms with van der Waals surface area (Å²) < 4.78 is 0. The summed E-state index contributed by atoms with van der Waals surface area (Å²) in [6.45, 7) is 6.46. The Morgan fingerprint density at radius 1 is 1.13 bits per heavy atom. The lowest BCUT2D eigenvalue weighted by molar-refractivity contribution is 0.565. The van der Waals surface area contributed by atoms with E-state index in [0.717, 1.165) is 0 Å². The number of nitrogens with one attached hydrogen (secondary N) is 1. The van der Waals surface area contributed by atoms with E-state index in [1.54, 1.807) is 0 Å². The molecule has 0 aliphatic heterocycles. The Hall–Kier alpha value is -0.820. The SMILES string of the molecule is CCC.CNC(C)CCc1ccccc1. The Labute approximate surface area is 94.9 Å². The molecule has 1 heteroatoms. The number of hydrogen-bond acceptors (Lipinski definition) is 1. The predicted molar refractivity (Wildman–Crippen MR) is 69.2 cm³/mol. The molecule has 0 bridgehead atoms. The van der Waals surface area contributed by atoms with Gasteiger partial charge < -0.3 is 5.32 Å². The molecule has 86 valence electrons. The molecule has 1 rings (SSSR count). The van der Waals surface area contributed by atoms with Gasteiger partial charge in [-0.05, 0) is 32.4 Å². The van der Waals surface area contributed by atoms with Crippen molar-refractivity contribution in [2.45, 2.75) is 46.1 Å². The highest BCUT2D eigenvalue weighted by Crippen LogP contribution is 2.03. The molecule has 1 N–H and O–H groups in total. The Bertz CT molecular complexity index is 218. The predicted octanol–water partition coefficient (Wildman–Crippen LogP) is 3.64. The molecular formula is C14H25N. The van der Waals surface area contributed by atoms with E-state index in [-0.39, 0.29) is 0 Å². The molecule has 0 aliphatic rings. The lowest BCUT2D eigenvalue weighted by atomic mass is 10.1. The van der Waals surface area contributed by atoms with Crippen LogP contribution in [0.2, 0.25) is 0 Å². The first-order chi connectivity index (χ1) is 7.24. The second-order valence-corrected chi connectivity index (χ2v) is 3.92. The zero-order valence-corrected chi connectivity index (χ0v) is 10.6. The lowest BCUT2D eigenvalue weighted by Gasteiger charge is -2.08. The fraction of sp³-hybridized carbons (Fsp3) is 0.571. The van der Waals surface area contributed by atoms with Crippen LogP contribution in [0.25, 0.3) is 0 Å². The maximum Gasteiger partial charge on any atom is 0.00388 e. The first kappa shape index (κ1) is 14.2. The van der Waals surface area contributed by atoms with E-state index in [0.29, 0.717) is 6.04 Å². The third-order valence-corrected chi connectivity index (χ3v) is 2.20. The molecule has 0 radical (unpaired) electrons. The molecule has 1 aromatic carbocycles. The van der Waals surface area contributed by atoms with Gasteiger partial charge in [0.25, 0.3) is 0 Å². The summed E-state index contributed by atoms with van der Waals surface area (Å²) in [5.41, 5.74) is 1.43. The minimum atomic E-state index is 0.616. The van der Waals surface area contributed by atoms with Crippen molar-refractivity contribution in [3.63, 3.8) is 0 Å². The summed E-state index contributed by atoms with van der Waals surface area (Å²) in [5, 5.41) is 3.24. The second kappa shape index (κ2) is 9.72. The molecule has 0 spiro atoms. The summed E-state index contributed by atoms with van der Waals surface area (Å²) in [6, 6.07) is 11.2. The fourth-order valence-electron chi connectivity index (χ4n) is 1.17. The van der Waals surface area contributed by atoms with Gasteiger partial charge >= 0.3 is 0 Å². The normalized spacial score (nSPS) is 11.5. The van der Waals surface area contributed by atoms with Crippen LogP contribution in [0.1, 0.15) is 39.2 Å². The largest absolute Gasteiger partial charge is 0.317 e. The van der Waals surface area contributed by atoms with Gasteiger partial charge in [0, 0.05) is 6.04 Å². The van der Waals surface area contributed by atoms with E-state index < -0.39 is 0 Å². The van der Waals surface area contributed by atoms with Crippen LogP contribution in [0.5, 0.6) is 0 Å². The number of aryl methyl sites for hydroxylation is 1. The summed E-state index contributed by atoms with van der Waals surface area (Å²) in [6.07, 6.45) is 3.63. The first-order valence-electron chi connectivity index (χ1n) is 5.95. The topological polar surface area (TPSA) is 12.0 Å². The van der Waals surface area contributed by atoms with Gasteiger partial charge in [-0.2, -0.15) is 0 Å². The number of benzene rings is 1. The summed E-state index contributed by atoms with van der Waals surface area (Å²) in [4.78, 5) is 0. The summed E-state index contributed by atoms with van der Waals surface area (Å²) in [5.74, 6) is 0. The van der Waals surface area contributed by atoms with Crippen LogP contribution in [0.3, 0.4) is 0 Å². The van der Waals surface area contributed by atoms with Gasteiger partial charge in [-0.15, -0.1) is 0 Å². The van der Waals surface area contributed by atoms with Crippen molar-refractivity contribution in [2.24, 2.45) is 0 Å².